The van der Waals surface area contributed by atoms with Gasteiger partial charge in [-0.2, -0.15) is 0 Å². The average Bonchev–Trinajstić information content (AvgIpc) is 2.77. The Hall–Kier alpha value is -2.25. The maximum atomic E-state index is 13.1. The van der Waals surface area contributed by atoms with Gasteiger partial charge in [0.2, 0.25) is 0 Å². The number of hydrogen-bond acceptors (Lipinski definition) is 5. The van der Waals surface area contributed by atoms with Gasteiger partial charge in [0.15, 0.2) is 0 Å². The molecule has 1 fully saturated rings. The SMILES string of the molecule is COCCN(CC1CN(CC(O)Cc2ccccc2)CCO1)C(=O)c1ccc(C)cc1. The van der Waals surface area contributed by atoms with Crippen LogP contribution >= 0.6 is 0 Å². The number of ether oxygens (including phenoxy) is 2. The molecule has 0 saturated carbocycles. The molecule has 168 valence electrons. The Morgan fingerprint density at radius 3 is 2.68 bits per heavy atom. The van der Waals surface area contributed by atoms with Crippen molar-refractivity contribution in [3.63, 3.8) is 0 Å². The van der Waals surface area contributed by atoms with Crippen LogP contribution in [0, 0.1) is 6.92 Å². The Kier molecular flexibility index (Phi) is 9.03. The summed E-state index contributed by atoms with van der Waals surface area (Å²) in [7, 11) is 1.64. The third kappa shape index (κ3) is 7.43. The zero-order valence-electron chi connectivity index (χ0n) is 18.6. The molecule has 1 aliphatic heterocycles. The minimum Gasteiger partial charge on any atom is -0.391 e. The van der Waals surface area contributed by atoms with Gasteiger partial charge in [-0.1, -0.05) is 48.0 Å². The molecule has 1 aliphatic rings. The highest BCUT2D eigenvalue weighted by Crippen LogP contribution is 2.13. The number of carbonyl (C=O) groups excluding carboxylic acids is 1. The van der Waals surface area contributed by atoms with Gasteiger partial charge in [0.1, 0.15) is 0 Å². The lowest BCUT2D eigenvalue weighted by atomic mass is 10.1. The maximum absolute atomic E-state index is 13.1. The van der Waals surface area contributed by atoms with Crippen LogP contribution in [0.5, 0.6) is 0 Å². The second kappa shape index (κ2) is 12.0. The van der Waals surface area contributed by atoms with Crippen molar-refractivity contribution < 1.29 is 19.4 Å². The number of β-amino-alcohol motifs (C(OH)–C–C–N with tert-alkyl or cyclic N) is 1. The number of benzene rings is 2. The molecule has 1 saturated heterocycles. The zero-order valence-corrected chi connectivity index (χ0v) is 18.6. The molecule has 0 spiro atoms. The number of amides is 1. The van der Waals surface area contributed by atoms with Crippen LogP contribution in [0.3, 0.4) is 0 Å². The van der Waals surface area contributed by atoms with Crippen molar-refractivity contribution in [2.24, 2.45) is 0 Å². The summed E-state index contributed by atoms with van der Waals surface area (Å²) in [5.41, 5.74) is 2.93. The van der Waals surface area contributed by atoms with Crippen LogP contribution in [-0.4, -0.2) is 86.1 Å². The molecule has 6 heteroatoms. The molecular formula is C25H34N2O4. The predicted molar refractivity (Wildman–Crippen MR) is 121 cm³/mol. The molecule has 0 radical (unpaired) electrons. The van der Waals surface area contributed by atoms with Crippen LogP contribution in [0.15, 0.2) is 54.6 Å². The Morgan fingerprint density at radius 2 is 1.97 bits per heavy atom. The van der Waals surface area contributed by atoms with E-state index in [-0.39, 0.29) is 12.0 Å². The lowest BCUT2D eigenvalue weighted by Gasteiger charge is -2.36. The topological polar surface area (TPSA) is 62.2 Å². The Balaban J connectivity index is 1.56. The van der Waals surface area contributed by atoms with E-state index in [2.05, 4.69) is 4.90 Å². The molecule has 0 aromatic heterocycles. The number of aliphatic hydroxyl groups is 1. The minimum absolute atomic E-state index is 0.0121. The van der Waals surface area contributed by atoms with E-state index in [0.29, 0.717) is 51.4 Å². The number of nitrogens with zero attached hydrogens (tertiary/aromatic N) is 2. The van der Waals surface area contributed by atoms with Crippen LogP contribution in [0.1, 0.15) is 21.5 Å². The van der Waals surface area contributed by atoms with Crippen LogP contribution in [-0.2, 0) is 15.9 Å². The minimum atomic E-state index is -0.431. The first kappa shape index (κ1) is 23.4. The van der Waals surface area contributed by atoms with Gasteiger partial charge in [-0.05, 0) is 31.0 Å². The normalized spacial score (nSPS) is 18.0. The molecule has 1 heterocycles. The number of methoxy groups -OCH3 is 1. The third-order valence-electron chi connectivity index (χ3n) is 5.58. The molecule has 3 rings (SSSR count). The monoisotopic (exact) mass is 426 g/mol. The first-order chi connectivity index (χ1) is 15.0. The van der Waals surface area contributed by atoms with Gasteiger partial charge < -0.3 is 19.5 Å². The highest BCUT2D eigenvalue weighted by Gasteiger charge is 2.26. The van der Waals surface area contributed by atoms with Crippen molar-refractivity contribution in [3.8, 4) is 0 Å². The van der Waals surface area contributed by atoms with Crippen molar-refractivity contribution in [1.29, 1.82) is 0 Å². The summed E-state index contributed by atoms with van der Waals surface area (Å²) in [6, 6.07) is 17.7. The number of aliphatic hydroxyl groups excluding tert-OH is 1. The fourth-order valence-electron chi connectivity index (χ4n) is 3.91. The van der Waals surface area contributed by atoms with Gasteiger partial charge in [0.25, 0.3) is 5.91 Å². The Bertz CT molecular complexity index is 797. The van der Waals surface area contributed by atoms with Crippen LogP contribution < -0.4 is 0 Å². The van der Waals surface area contributed by atoms with Crippen molar-refractivity contribution in [2.75, 3.05) is 53.0 Å². The van der Waals surface area contributed by atoms with Gasteiger partial charge in [-0.15, -0.1) is 0 Å². The summed E-state index contributed by atoms with van der Waals surface area (Å²) >= 11 is 0. The van der Waals surface area contributed by atoms with E-state index in [1.165, 1.54) is 0 Å². The molecule has 2 atom stereocenters. The summed E-state index contributed by atoms with van der Waals surface area (Å²) in [4.78, 5) is 17.1. The number of carbonyl (C=O) groups is 1. The smallest absolute Gasteiger partial charge is 0.254 e. The number of hydrogen-bond donors (Lipinski definition) is 1. The highest BCUT2D eigenvalue weighted by molar-refractivity contribution is 5.94. The average molecular weight is 427 g/mol. The molecule has 2 aromatic carbocycles. The third-order valence-corrected chi connectivity index (χ3v) is 5.58. The van der Waals surface area contributed by atoms with Crippen molar-refractivity contribution in [3.05, 3.63) is 71.3 Å². The summed E-state index contributed by atoms with van der Waals surface area (Å²) in [6.07, 6.45) is 0.109. The lowest BCUT2D eigenvalue weighted by molar-refractivity contribution is -0.0515. The Labute approximate surface area is 185 Å². The second-order valence-corrected chi connectivity index (χ2v) is 8.21. The molecule has 6 nitrogen and oxygen atoms in total. The lowest BCUT2D eigenvalue weighted by Crippen LogP contribution is -2.51. The predicted octanol–water partition coefficient (Wildman–Crippen LogP) is 2.39. The van der Waals surface area contributed by atoms with E-state index in [9.17, 15) is 9.90 Å². The van der Waals surface area contributed by atoms with Gasteiger partial charge in [0, 0.05) is 45.4 Å². The summed E-state index contributed by atoms with van der Waals surface area (Å²) < 4.78 is 11.2. The van der Waals surface area contributed by atoms with Crippen molar-refractivity contribution in [2.45, 2.75) is 25.6 Å². The molecular weight excluding hydrogens is 392 g/mol. The molecule has 0 aliphatic carbocycles. The van der Waals surface area contributed by atoms with Crippen LogP contribution in [0.4, 0.5) is 0 Å². The summed E-state index contributed by atoms with van der Waals surface area (Å²) in [5, 5.41) is 10.5. The fourth-order valence-corrected chi connectivity index (χ4v) is 3.91. The van der Waals surface area contributed by atoms with Gasteiger partial charge in [-0.3, -0.25) is 9.69 Å². The Morgan fingerprint density at radius 1 is 1.23 bits per heavy atom. The highest BCUT2D eigenvalue weighted by atomic mass is 16.5. The van der Waals surface area contributed by atoms with Gasteiger partial charge >= 0.3 is 0 Å². The fraction of sp³-hybridized carbons (Fsp3) is 0.480. The van der Waals surface area contributed by atoms with E-state index < -0.39 is 6.10 Å². The summed E-state index contributed by atoms with van der Waals surface area (Å²) in [6.45, 7) is 6.17. The van der Waals surface area contributed by atoms with Crippen LogP contribution in [0.2, 0.25) is 0 Å². The molecule has 31 heavy (non-hydrogen) atoms. The zero-order chi connectivity index (χ0) is 22.1. The van der Waals surface area contributed by atoms with Crippen molar-refractivity contribution >= 4 is 5.91 Å². The standard InChI is InChI=1S/C25H34N2O4/c1-20-8-10-22(11-9-20)25(29)27(13-14-30-2)19-24-18-26(12-15-31-24)17-23(28)16-21-6-4-3-5-7-21/h3-11,23-24,28H,12-19H2,1-2H3. The molecule has 2 unspecified atom stereocenters. The molecule has 1 N–H and O–H groups in total. The molecule has 1 amide bonds. The first-order valence-corrected chi connectivity index (χ1v) is 11.0. The summed E-state index contributed by atoms with van der Waals surface area (Å²) in [5.74, 6) is -0.0121. The largest absolute Gasteiger partial charge is 0.391 e. The van der Waals surface area contributed by atoms with Gasteiger partial charge in [-0.25, -0.2) is 0 Å². The van der Waals surface area contributed by atoms with Crippen LogP contribution in [0.25, 0.3) is 0 Å². The maximum Gasteiger partial charge on any atom is 0.254 e. The second-order valence-electron chi connectivity index (χ2n) is 8.21. The van der Waals surface area contributed by atoms with E-state index in [1.807, 2.05) is 66.4 Å². The number of morpholine rings is 1. The quantitative estimate of drug-likeness (QED) is 0.632. The van der Waals surface area contributed by atoms with E-state index in [4.69, 9.17) is 9.47 Å². The van der Waals surface area contributed by atoms with E-state index in [1.54, 1.807) is 7.11 Å². The number of aryl methyl sites for hydroxylation is 1. The van der Waals surface area contributed by atoms with E-state index in [0.717, 1.165) is 17.7 Å². The van der Waals surface area contributed by atoms with E-state index >= 15 is 0 Å². The molecule has 2 aromatic rings. The van der Waals surface area contributed by atoms with Crippen molar-refractivity contribution in [1.82, 2.24) is 9.80 Å². The number of rotatable bonds is 10. The van der Waals surface area contributed by atoms with Gasteiger partial charge in [0.05, 0.1) is 25.4 Å². The molecule has 0 bridgehead atoms. The first-order valence-electron chi connectivity index (χ1n) is 11.0.